The number of nitrogens with one attached hydrogen (secondary N) is 8. The molecule has 0 bridgehead atoms. The van der Waals surface area contributed by atoms with Crippen LogP contribution in [0, 0.1) is 5.92 Å². The highest BCUT2D eigenvalue weighted by Crippen LogP contribution is 2.08. The van der Waals surface area contributed by atoms with Crippen LogP contribution >= 0.6 is 25.3 Å². The largest absolute Gasteiger partial charge is 0.481 e. The lowest BCUT2D eigenvalue weighted by atomic mass is 10.0. The zero-order valence-electron chi connectivity index (χ0n) is 35.0. The Labute approximate surface area is 373 Å². The van der Waals surface area contributed by atoms with Crippen molar-refractivity contribution >= 4 is 90.4 Å². The molecule has 28 heteroatoms. The molecule has 0 aliphatic carbocycles. The van der Waals surface area contributed by atoms with E-state index in [1.807, 2.05) is 5.32 Å². The third-order valence-electron chi connectivity index (χ3n) is 8.68. The van der Waals surface area contributed by atoms with Gasteiger partial charge in [0.05, 0.1) is 32.1 Å². The molecule has 0 saturated carbocycles. The van der Waals surface area contributed by atoms with Gasteiger partial charge < -0.3 is 80.2 Å². The van der Waals surface area contributed by atoms with Crippen molar-refractivity contribution in [2.45, 2.75) is 114 Å². The Balaban J connectivity index is 6.15. The number of hydrogen-bond donors (Lipinski definition) is 17. The summed E-state index contributed by atoms with van der Waals surface area (Å²) in [6, 6.07) is -14.1. The highest BCUT2D eigenvalue weighted by atomic mass is 32.1. The van der Waals surface area contributed by atoms with E-state index in [-0.39, 0.29) is 36.8 Å². The van der Waals surface area contributed by atoms with Crippen LogP contribution in [0.1, 0.15) is 59.3 Å². The Kier molecular flexibility index (Phi) is 27.4. The Morgan fingerprint density at radius 1 is 0.524 bits per heavy atom. The predicted octanol–water partition coefficient (Wildman–Crippen LogP) is -7.33. The smallest absolute Gasteiger partial charge is 0.327 e. The van der Waals surface area contributed by atoms with Crippen molar-refractivity contribution in [2.24, 2.45) is 23.1 Å². The van der Waals surface area contributed by atoms with E-state index in [0.29, 0.717) is 12.8 Å². The molecule has 9 atom stereocenters. The summed E-state index contributed by atoms with van der Waals surface area (Å²) in [4.78, 5) is 139. The molecule has 0 aromatic rings. The molecule has 358 valence electrons. The lowest BCUT2D eigenvalue weighted by Gasteiger charge is -2.27. The molecule has 26 nitrogen and oxygen atoms in total. The van der Waals surface area contributed by atoms with Crippen molar-refractivity contribution in [2.75, 3.05) is 31.3 Å². The first-order chi connectivity index (χ1) is 29.5. The normalized spacial score (nSPS) is 15.3. The van der Waals surface area contributed by atoms with Crippen LogP contribution in [0.4, 0.5) is 0 Å². The predicted molar refractivity (Wildman–Crippen MR) is 227 cm³/mol. The van der Waals surface area contributed by atoms with Gasteiger partial charge in [0.2, 0.25) is 53.2 Å². The number of carbonyl (C=O) groups excluding carboxylic acids is 9. The van der Waals surface area contributed by atoms with Gasteiger partial charge in [0.25, 0.3) is 0 Å². The fourth-order valence-electron chi connectivity index (χ4n) is 5.23. The zero-order valence-corrected chi connectivity index (χ0v) is 36.7. The monoisotopic (exact) mass is 939 g/mol. The lowest BCUT2D eigenvalue weighted by molar-refractivity contribution is -0.142. The molecular weight excluding hydrogens is 879 g/mol. The minimum atomic E-state index is -2.01. The van der Waals surface area contributed by atoms with E-state index in [9.17, 15) is 73.2 Å². The Morgan fingerprint density at radius 2 is 0.937 bits per heavy atom. The van der Waals surface area contributed by atoms with Crippen molar-refractivity contribution in [3.63, 3.8) is 0 Å². The number of carbonyl (C=O) groups is 11. The number of thiol groups is 2. The van der Waals surface area contributed by atoms with E-state index >= 15 is 0 Å². The number of amides is 9. The van der Waals surface area contributed by atoms with E-state index in [1.54, 1.807) is 13.8 Å². The average Bonchev–Trinajstić information content (AvgIpc) is 3.20. The maximum Gasteiger partial charge on any atom is 0.327 e. The van der Waals surface area contributed by atoms with Gasteiger partial charge in [-0.05, 0) is 45.1 Å². The highest BCUT2D eigenvalue weighted by molar-refractivity contribution is 7.80. The molecule has 0 aliphatic heterocycles. The molecule has 0 aliphatic rings. The zero-order chi connectivity index (χ0) is 48.6. The van der Waals surface area contributed by atoms with Gasteiger partial charge in [-0.25, -0.2) is 4.79 Å². The number of aliphatic carboxylic acids is 2. The molecule has 0 radical (unpaired) electrons. The number of aliphatic hydroxyl groups is 2. The Morgan fingerprint density at radius 3 is 1.37 bits per heavy atom. The van der Waals surface area contributed by atoms with Gasteiger partial charge in [-0.15, -0.1) is 0 Å². The van der Waals surface area contributed by atoms with Gasteiger partial charge in [-0.1, -0.05) is 13.8 Å². The third kappa shape index (κ3) is 22.1. The summed E-state index contributed by atoms with van der Waals surface area (Å²) in [6.45, 7) is 2.60. The second kappa shape index (κ2) is 29.9. The van der Waals surface area contributed by atoms with Crippen LogP contribution in [0.5, 0.6) is 0 Å². The molecule has 0 aromatic heterocycles. The van der Waals surface area contributed by atoms with Crippen LogP contribution < -0.4 is 59.7 Å². The highest BCUT2D eigenvalue weighted by Gasteiger charge is 2.35. The molecule has 0 rings (SSSR count). The number of hydrogen-bond acceptors (Lipinski definition) is 17. The van der Waals surface area contributed by atoms with E-state index < -0.39 is 146 Å². The molecule has 0 heterocycles. The first-order valence-corrected chi connectivity index (χ1v) is 20.8. The fraction of sp³-hybridized carbons (Fsp3) is 0.686. The van der Waals surface area contributed by atoms with Gasteiger partial charge in [0, 0.05) is 11.5 Å². The molecular formula is C35H61N11O15S2. The third-order valence-corrected chi connectivity index (χ3v) is 9.44. The fourth-order valence-corrected chi connectivity index (χ4v) is 5.65. The topological polar surface area (TPSA) is 443 Å². The number of unbranched alkanes of at least 4 members (excludes halogenated alkanes) is 1. The Hall–Kier alpha value is -5.29. The van der Waals surface area contributed by atoms with Crippen molar-refractivity contribution in [3.8, 4) is 0 Å². The van der Waals surface area contributed by atoms with Gasteiger partial charge in [-0.2, -0.15) is 25.3 Å². The standard InChI is InChI=1S/C35H61N11O15S2/c1-15(2)8-19(30(55)44-22(11-47)33(58)40-18(6-4-5-7-36)29(54)46-24(14-63)35(60)61)42-34(59)23(12-48)45-32(57)21(10-26(50)51)43-31(56)20(9-25(38)49)41-27(52)16(3)39-28(53)17(37)13-62/h15-24,47-48,62-63H,4-14,36-37H2,1-3H3,(H2,38,49)(H,39,53)(H,40,58)(H,41,52)(H,42,59)(H,43,56)(H,44,55)(H,45,57)(H,46,54)(H,50,51)(H,60,61)/t16-,17-,18-,19-,20-,21-,22-,23-,24-/m0/s1. The van der Waals surface area contributed by atoms with Crippen molar-refractivity contribution in [1.82, 2.24) is 42.5 Å². The van der Waals surface area contributed by atoms with Crippen LogP contribution in [0.3, 0.4) is 0 Å². The Bertz CT molecular complexity index is 1630. The molecule has 0 fully saturated rings. The van der Waals surface area contributed by atoms with Gasteiger partial charge >= 0.3 is 11.9 Å². The van der Waals surface area contributed by atoms with Crippen LogP contribution in [0.25, 0.3) is 0 Å². The SMILES string of the molecule is CC(C)C[C@H](NC(=O)[C@H](CO)NC(=O)[C@H](CC(=O)O)NC(=O)[C@H](CC(N)=O)NC(=O)[C@H](C)NC(=O)[C@@H](N)CS)C(=O)N[C@@H](CO)C(=O)N[C@@H](CCCCN)C(=O)N[C@@H](CS)C(=O)O. The molecule has 0 aromatic carbocycles. The summed E-state index contributed by atoms with van der Waals surface area (Å²) < 4.78 is 0. The molecule has 0 spiro atoms. The summed E-state index contributed by atoms with van der Waals surface area (Å²) in [5.41, 5.74) is 16.3. The number of carboxylic acid groups (broad SMARTS) is 2. The maximum atomic E-state index is 13.5. The van der Waals surface area contributed by atoms with Crippen LogP contribution in [0.15, 0.2) is 0 Å². The summed E-state index contributed by atoms with van der Waals surface area (Å²) >= 11 is 7.78. The van der Waals surface area contributed by atoms with Gasteiger partial charge in [-0.3, -0.25) is 47.9 Å². The second-order valence-electron chi connectivity index (χ2n) is 14.5. The number of aliphatic hydroxyl groups excluding tert-OH is 2. The minimum Gasteiger partial charge on any atom is -0.481 e. The summed E-state index contributed by atoms with van der Waals surface area (Å²) in [7, 11) is 0. The van der Waals surface area contributed by atoms with E-state index in [1.165, 1.54) is 6.92 Å². The minimum absolute atomic E-state index is 0.00503. The quantitative estimate of drug-likeness (QED) is 0.0227. The maximum absolute atomic E-state index is 13.5. The average molecular weight is 940 g/mol. The summed E-state index contributed by atoms with van der Waals surface area (Å²) in [5, 5.41) is 56.5. The van der Waals surface area contributed by atoms with Crippen LogP contribution in [0.2, 0.25) is 0 Å². The lowest BCUT2D eigenvalue weighted by Crippen LogP contribution is -2.61. The van der Waals surface area contributed by atoms with Crippen LogP contribution in [-0.4, -0.2) is 171 Å². The molecule has 0 saturated heterocycles. The number of rotatable bonds is 31. The van der Waals surface area contributed by atoms with Gasteiger partial charge in [0.1, 0.15) is 48.3 Å². The van der Waals surface area contributed by atoms with Crippen LogP contribution in [-0.2, 0) is 52.7 Å². The van der Waals surface area contributed by atoms with Crippen molar-refractivity contribution in [1.29, 1.82) is 0 Å². The van der Waals surface area contributed by atoms with E-state index in [0.717, 1.165) is 0 Å². The van der Waals surface area contributed by atoms with Crippen molar-refractivity contribution < 1.29 is 73.2 Å². The number of nitrogens with two attached hydrogens (primary N) is 3. The molecule has 9 amide bonds. The molecule has 63 heavy (non-hydrogen) atoms. The van der Waals surface area contributed by atoms with Crippen molar-refractivity contribution in [3.05, 3.63) is 0 Å². The van der Waals surface area contributed by atoms with Gasteiger partial charge in [0.15, 0.2) is 0 Å². The number of carboxylic acids is 2. The van der Waals surface area contributed by atoms with E-state index in [4.69, 9.17) is 17.2 Å². The van der Waals surface area contributed by atoms with E-state index in [2.05, 4.69) is 62.5 Å². The first-order valence-electron chi connectivity index (χ1n) is 19.5. The first kappa shape index (κ1) is 57.7. The summed E-state index contributed by atoms with van der Waals surface area (Å²) in [6.07, 6.45) is -1.36. The molecule has 18 N–H and O–H groups in total. The molecule has 0 unspecified atom stereocenters. The summed E-state index contributed by atoms with van der Waals surface area (Å²) in [5.74, 6) is -13.5. The number of primary amides is 1. The second-order valence-corrected chi connectivity index (χ2v) is 15.2.